The Morgan fingerprint density at radius 1 is 0.358 bits per heavy atom. The van der Waals surface area contributed by atoms with Crippen LogP contribution in [0.3, 0.4) is 0 Å². The SMILES string of the molecule is c1cc(-c2cccc(-c3cnc4c5ccccc5c5ccccc5c4n3)c2)cc(-c2cccc(-c3cccc4c3oc3cc5ccccc5cc34)c2)c1. The standard InChI is InChI=1S/C50H30N2O/c1-2-12-36-29-47-45(28-35(36)11-1)44-24-10-23-39(50(44)53-47)37-17-8-15-33(26-37)31-13-7-14-32(25-31)34-16-9-18-38(27-34)46-30-51-48-42-21-5-3-19-40(42)41-20-4-6-22-43(41)49(48)52-46/h1-30H. The van der Waals surface area contributed by atoms with Crippen LogP contribution in [0.4, 0.5) is 0 Å². The highest BCUT2D eigenvalue weighted by atomic mass is 16.3. The summed E-state index contributed by atoms with van der Waals surface area (Å²) in [6, 6.07) is 62.4. The van der Waals surface area contributed by atoms with Gasteiger partial charge in [0.1, 0.15) is 11.2 Å². The molecule has 2 aromatic heterocycles. The van der Waals surface area contributed by atoms with Crippen LogP contribution >= 0.6 is 0 Å². The van der Waals surface area contributed by atoms with Gasteiger partial charge in [-0.25, -0.2) is 4.98 Å². The van der Waals surface area contributed by atoms with Crippen LogP contribution in [0.25, 0.3) is 110 Å². The number of para-hydroxylation sites is 1. The zero-order chi connectivity index (χ0) is 34.9. The molecule has 0 N–H and O–H groups in total. The van der Waals surface area contributed by atoms with E-state index in [0.29, 0.717) is 0 Å². The number of nitrogens with zero attached hydrogens (tertiary/aromatic N) is 2. The molecule has 0 radical (unpaired) electrons. The molecule has 0 amide bonds. The Labute approximate surface area is 305 Å². The first kappa shape index (κ1) is 29.6. The summed E-state index contributed by atoms with van der Waals surface area (Å²) in [5, 5.41) is 9.31. The average molecular weight is 675 g/mol. The van der Waals surface area contributed by atoms with E-state index < -0.39 is 0 Å². The van der Waals surface area contributed by atoms with E-state index in [0.717, 1.165) is 88.4 Å². The van der Waals surface area contributed by atoms with Gasteiger partial charge in [-0.1, -0.05) is 146 Å². The van der Waals surface area contributed by atoms with E-state index in [1.165, 1.54) is 21.5 Å². The molecule has 0 unspecified atom stereocenters. The fourth-order valence-electron chi connectivity index (χ4n) is 8.08. The average Bonchev–Trinajstić information content (AvgIpc) is 3.60. The van der Waals surface area contributed by atoms with Gasteiger partial charge in [-0.05, 0) is 79.7 Å². The van der Waals surface area contributed by atoms with Gasteiger partial charge in [0, 0.05) is 32.7 Å². The minimum atomic E-state index is 0.858. The molecule has 0 saturated carbocycles. The monoisotopic (exact) mass is 674 g/mol. The number of rotatable bonds is 4. The van der Waals surface area contributed by atoms with E-state index >= 15 is 0 Å². The second kappa shape index (κ2) is 11.7. The van der Waals surface area contributed by atoms with Gasteiger partial charge in [-0.2, -0.15) is 0 Å². The predicted molar refractivity (Wildman–Crippen MR) is 221 cm³/mol. The van der Waals surface area contributed by atoms with Crippen LogP contribution in [0.15, 0.2) is 187 Å². The van der Waals surface area contributed by atoms with E-state index in [2.05, 4.69) is 176 Å². The summed E-state index contributed by atoms with van der Waals surface area (Å²) in [4.78, 5) is 10.2. The predicted octanol–water partition coefficient (Wildman–Crippen LogP) is 13.7. The van der Waals surface area contributed by atoms with Crippen molar-refractivity contribution in [1.29, 1.82) is 0 Å². The molecule has 0 atom stereocenters. The molecule has 11 rings (SSSR count). The van der Waals surface area contributed by atoms with Crippen molar-refractivity contribution in [3.05, 3.63) is 182 Å². The topological polar surface area (TPSA) is 38.9 Å². The molecule has 3 nitrogen and oxygen atoms in total. The Bertz CT molecular complexity index is 3210. The van der Waals surface area contributed by atoms with Crippen molar-refractivity contribution in [2.45, 2.75) is 0 Å². The molecular formula is C50H30N2O. The van der Waals surface area contributed by atoms with Crippen molar-refractivity contribution in [1.82, 2.24) is 9.97 Å². The highest BCUT2D eigenvalue weighted by Gasteiger charge is 2.15. The van der Waals surface area contributed by atoms with Crippen molar-refractivity contribution in [3.8, 4) is 44.6 Å². The molecule has 0 fully saturated rings. The van der Waals surface area contributed by atoms with Crippen molar-refractivity contribution in [3.63, 3.8) is 0 Å². The maximum Gasteiger partial charge on any atom is 0.143 e. The Morgan fingerprint density at radius 3 is 1.57 bits per heavy atom. The minimum Gasteiger partial charge on any atom is -0.455 e. The van der Waals surface area contributed by atoms with Crippen molar-refractivity contribution >= 4 is 65.3 Å². The molecule has 53 heavy (non-hydrogen) atoms. The van der Waals surface area contributed by atoms with Crippen LogP contribution in [0, 0.1) is 0 Å². The van der Waals surface area contributed by atoms with Gasteiger partial charge < -0.3 is 4.42 Å². The second-order valence-electron chi connectivity index (χ2n) is 13.8. The second-order valence-corrected chi connectivity index (χ2v) is 13.8. The maximum absolute atomic E-state index is 6.57. The van der Waals surface area contributed by atoms with Crippen LogP contribution in [0.1, 0.15) is 0 Å². The molecule has 9 aromatic carbocycles. The first-order chi connectivity index (χ1) is 26.2. The van der Waals surface area contributed by atoms with Gasteiger partial charge in [0.25, 0.3) is 0 Å². The van der Waals surface area contributed by atoms with Gasteiger partial charge in [-0.3, -0.25) is 4.98 Å². The van der Waals surface area contributed by atoms with Gasteiger partial charge in [0.2, 0.25) is 0 Å². The Kier molecular flexibility index (Phi) is 6.55. The lowest BCUT2D eigenvalue weighted by Gasteiger charge is -2.11. The summed E-state index contributed by atoms with van der Waals surface area (Å²) in [6.07, 6.45) is 1.91. The molecule has 3 heteroatoms. The number of aromatic nitrogens is 2. The van der Waals surface area contributed by atoms with Gasteiger partial charge in [0.15, 0.2) is 0 Å². The Balaban J connectivity index is 0.971. The summed E-state index contributed by atoms with van der Waals surface area (Å²) in [6.45, 7) is 0. The summed E-state index contributed by atoms with van der Waals surface area (Å²) in [7, 11) is 0. The molecule has 0 spiro atoms. The highest BCUT2D eigenvalue weighted by Crippen LogP contribution is 2.39. The molecule has 0 saturated heterocycles. The fraction of sp³-hybridized carbons (Fsp3) is 0. The third kappa shape index (κ3) is 4.82. The quantitative estimate of drug-likeness (QED) is 0.174. The van der Waals surface area contributed by atoms with Crippen molar-refractivity contribution in [2.24, 2.45) is 0 Å². The van der Waals surface area contributed by atoms with Gasteiger partial charge in [-0.15, -0.1) is 0 Å². The number of fused-ring (bicyclic) bond motifs is 10. The lowest BCUT2D eigenvalue weighted by molar-refractivity contribution is 0.670. The fourth-order valence-corrected chi connectivity index (χ4v) is 8.08. The van der Waals surface area contributed by atoms with Crippen molar-refractivity contribution in [2.75, 3.05) is 0 Å². The van der Waals surface area contributed by atoms with E-state index in [9.17, 15) is 0 Å². The van der Waals surface area contributed by atoms with Gasteiger partial charge in [0.05, 0.1) is 22.9 Å². The third-order valence-electron chi connectivity index (χ3n) is 10.7. The number of furan rings is 1. The van der Waals surface area contributed by atoms with E-state index in [1.54, 1.807) is 0 Å². The first-order valence-electron chi connectivity index (χ1n) is 18.0. The largest absolute Gasteiger partial charge is 0.455 e. The normalized spacial score (nSPS) is 11.8. The van der Waals surface area contributed by atoms with Gasteiger partial charge >= 0.3 is 0 Å². The zero-order valence-electron chi connectivity index (χ0n) is 28.6. The highest BCUT2D eigenvalue weighted by molar-refractivity contribution is 6.23. The molecular weight excluding hydrogens is 645 g/mol. The van der Waals surface area contributed by atoms with Crippen molar-refractivity contribution < 1.29 is 4.42 Å². The smallest absolute Gasteiger partial charge is 0.143 e. The van der Waals surface area contributed by atoms with E-state index in [-0.39, 0.29) is 0 Å². The lowest BCUT2D eigenvalue weighted by atomic mass is 9.95. The number of hydrogen-bond donors (Lipinski definition) is 0. The molecule has 246 valence electrons. The Morgan fingerprint density at radius 2 is 0.868 bits per heavy atom. The number of hydrogen-bond acceptors (Lipinski definition) is 3. The summed E-state index contributed by atoms with van der Waals surface area (Å²) >= 11 is 0. The molecule has 0 bridgehead atoms. The lowest BCUT2D eigenvalue weighted by Crippen LogP contribution is -1.92. The Hall–Kier alpha value is -7.10. The molecule has 11 aromatic rings. The molecule has 2 heterocycles. The van der Waals surface area contributed by atoms with Crippen LogP contribution in [0.2, 0.25) is 0 Å². The first-order valence-corrected chi connectivity index (χ1v) is 18.0. The van der Waals surface area contributed by atoms with Crippen LogP contribution < -0.4 is 0 Å². The summed E-state index contributed by atoms with van der Waals surface area (Å²) < 4.78 is 6.57. The molecule has 0 aliphatic heterocycles. The molecule has 0 aliphatic carbocycles. The summed E-state index contributed by atoms with van der Waals surface area (Å²) in [5.74, 6) is 0. The van der Waals surface area contributed by atoms with E-state index in [1.807, 2.05) is 6.20 Å². The molecule has 0 aliphatic rings. The van der Waals surface area contributed by atoms with Crippen LogP contribution in [-0.2, 0) is 0 Å². The van der Waals surface area contributed by atoms with E-state index in [4.69, 9.17) is 14.4 Å². The minimum absolute atomic E-state index is 0.858. The maximum atomic E-state index is 6.57. The zero-order valence-corrected chi connectivity index (χ0v) is 28.6. The third-order valence-corrected chi connectivity index (χ3v) is 10.7. The summed E-state index contributed by atoms with van der Waals surface area (Å²) in [5.41, 5.74) is 12.4. The van der Waals surface area contributed by atoms with Crippen LogP contribution in [0.5, 0.6) is 0 Å². The van der Waals surface area contributed by atoms with Crippen LogP contribution in [-0.4, -0.2) is 9.97 Å². The number of benzene rings is 9.